The highest BCUT2D eigenvalue weighted by Gasteiger charge is 2.09. The molecule has 0 fully saturated rings. The summed E-state index contributed by atoms with van der Waals surface area (Å²) in [6, 6.07) is 8.51. The maximum absolute atomic E-state index is 4.37. The van der Waals surface area contributed by atoms with Gasteiger partial charge in [0, 0.05) is 29.5 Å². The molecule has 0 radical (unpaired) electrons. The van der Waals surface area contributed by atoms with E-state index >= 15 is 0 Å². The molecule has 1 heterocycles. The minimum absolute atomic E-state index is 0.197. The summed E-state index contributed by atoms with van der Waals surface area (Å²) in [6.07, 6.45) is 3.46. The number of nitrogens with one attached hydrogen (secondary N) is 1. The molecule has 0 bridgehead atoms. The van der Waals surface area contributed by atoms with E-state index in [1.165, 1.54) is 5.56 Å². The van der Waals surface area contributed by atoms with Crippen molar-refractivity contribution in [2.45, 2.75) is 26.4 Å². The minimum atomic E-state index is 0.197. The summed E-state index contributed by atoms with van der Waals surface area (Å²) in [5.41, 5.74) is 3.24. The van der Waals surface area contributed by atoms with Gasteiger partial charge >= 0.3 is 0 Å². The SMILES string of the molecule is Cc1nccnc1C(C)NCc1ccc(Br)cc1. The van der Waals surface area contributed by atoms with E-state index in [1.807, 2.05) is 6.92 Å². The summed E-state index contributed by atoms with van der Waals surface area (Å²) in [5, 5.41) is 3.46. The molecule has 4 heteroatoms. The first-order valence-electron chi connectivity index (χ1n) is 5.92. The van der Waals surface area contributed by atoms with Gasteiger partial charge in [0.2, 0.25) is 0 Å². The van der Waals surface area contributed by atoms with Crippen molar-refractivity contribution in [2.24, 2.45) is 0 Å². The number of aryl methyl sites for hydroxylation is 1. The number of benzene rings is 1. The van der Waals surface area contributed by atoms with E-state index in [9.17, 15) is 0 Å². The Hall–Kier alpha value is -1.26. The Labute approximate surface area is 116 Å². The molecule has 0 saturated heterocycles. The molecule has 0 amide bonds. The highest BCUT2D eigenvalue weighted by atomic mass is 79.9. The van der Waals surface area contributed by atoms with Crippen molar-refractivity contribution >= 4 is 15.9 Å². The molecule has 1 aromatic heterocycles. The first kappa shape index (κ1) is 13.2. The van der Waals surface area contributed by atoms with Crippen LogP contribution in [-0.2, 0) is 6.54 Å². The van der Waals surface area contributed by atoms with Crippen LogP contribution in [0.2, 0.25) is 0 Å². The van der Waals surface area contributed by atoms with Gasteiger partial charge in [-0.1, -0.05) is 28.1 Å². The van der Waals surface area contributed by atoms with Crippen LogP contribution in [-0.4, -0.2) is 9.97 Å². The molecule has 0 aliphatic heterocycles. The van der Waals surface area contributed by atoms with Gasteiger partial charge in [-0.25, -0.2) is 0 Å². The van der Waals surface area contributed by atoms with Gasteiger partial charge in [-0.3, -0.25) is 9.97 Å². The molecule has 0 aliphatic rings. The van der Waals surface area contributed by atoms with Crippen molar-refractivity contribution in [2.75, 3.05) is 0 Å². The van der Waals surface area contributed by atoms with Gasteiger partial charge in [0.15, 0.2) is 0 Å². The van der Waals surface area contributed by atoms with E-state index in [0.29, 0.717) is 0 Å². The molecule has 1 atom stereocenters. The van der Waals surface area contributed by atoms with Crippen LogP contribution in [0.3, 0.4) is 0 Å². The van der Waals surface area contributed by atoms with Crippen LogP contribution in [0.1, 0.15) is 29.9 Å². The third-order valence-electron chi connectivity index (χ3n) is 2.85. The molecule has 1 N–H and O–H groups in total. The number of rotatable bonds is 4. The quantitative estimate of drug-likeness (QED) is 0.941. The monoisotopic (exact) mass is 305 g/mol. The lowest BCUT2D eigenvalue weighted by Gasteiger charge is -2.14. The zero-order valence-corrected chi connectivity index (χ0v) is 12.1. The number of hydrogen-bond donors (Lipinski definition) is 1. The van der Waals surface area contributed by atoms with Crippen molar-refractivity contribution in [1.29, 1.82) is 0 Å². The summed E-state index contributed by atoms with van der Waals surface area (Å²) in [7, 11) is 0. The second kappa shape index (κ2) is 6.07. The summed E-state index contributed by atoms with van der Waals surface area (Å²) in [6.45, 7) is 4.92. The maximum Gasteiger partial charge on any atom is 0.0782 e. The smallest absolute Gasteiger partial charge is 0.0782 e. The molecule has 0 saturated carbocycles. The van der Waals surface area contributed by atoms with Gasteiger partial charge in [-0.2, -0.15) is 0 Å². The molecule has 2 rings (SSSR count). The van der Waals surface area contributed by atoms with Crippen molar-refractivity contribution in [3.05, 3.63) is 58.1 Å². The molecular formula is C14H16BrN3. The van der Waals surface area contributed by atoms with Crippen LogP contribution in [0, 0.1) is 6.92 Å². The molecule has 94 valence electrons. The number of aromatic nitrogens is 2. The summed E-state index contributed by atoms with van der Waals surface area (Å²) >= 11 is 3.43. The molecule has 2 aromatic rings. The van der Waals surface area contributed by atoms with Crippen LogP contribution >= 0.6 is 15.9 Å². The van der Waals surface area contributed by atoms with Gasteiger partial charge < -0.3 is 5.32 Å². The van der Waals surface area contributed by atoms with E-state index < -0.39 is 0 Å². The van der Waals surface area contributed by atoms with Crippen molar-refractivity contribution in [3.63, 3.8) is 0 Å². The van der Waals surface area contributed by atoms with Crippen molar-refractivity contribution in [3.8, 4) is 0 Å². The Morgan fingerprint density at radius 1 is 1.17 bits per heavy atom. The molecule has 1 aromatic carbocycles. The Bertz CT molecular complexity index is 511. The average Bonchev–Trinajstić information content (AvgIpc) is 2.38. The number of nitrogens with zero attached hydrogens (tertiary/aromatic N) is 2. The average molecular weight is 306 g/mol. The Balaban J connectivity index is 1.98. The topological polar surface area (TPSA) is 37.8 Å². The Kier molecular flexibility index (Phi) is 4.44. The Morgan fingerprint density at radius 2 is 1.83 bits per heavy atom. The molecule has 18 heavy (non-hydrogen) atoms. The van der Waals surface area contributed by atoms with Crippen LogP contribution in [0.25, 0.3) is 0 Å². The van der Waals surface area contributed by atoms with E-state index in [1.54, 1.807) is 12.4 Å². The first-order valence-corrected chi connectivity index (χ1v) is 6.71. The first-order chi connectivity index (χ1) is 8.66. The second-order valence-corrected chi connectivity index (χ2v) is 5.17. The number of hydrogen-bond acceptors (Lipinski definition) is 3. The van der Waals surface area contributed by atoms with Crippen LogP contribution in [0.4, 0.5) is 0 Å². The predicted octanol–water partition coefficient (Wildman–Crippen LogP) is 3.40. The van der Waals surface area contributed by atoms with Crippen molar-refractivity contribution in [1.82, 2.24) is 15.3 Å². The van der Waals surface area contributed by atoms with Crippen LogP contribution in [0.15, 0.2) is 41.1 Å². The molecule has 1 unspecified atom stereocenters. The molecule has 3 nitrogen and oxygen atoms in total. The van der Waals surface area contributed by atoms with E-state index in [4.69, 9.17) is 0 Å². The fourth-order valence-corrected chi connectivity index (χ4v) is 2.08. The molecular weight excluding hydrogens is 290 g/mol. The van der Waals surface area contributed by atoms with E-state index in [-0.39, 0.29) is 6.04 Å². The zero-order chi connectivity index (χ0) is 13.0. The molecule has 0 aliphatic carbocycles. The third-order valence-corrected chi connectivity index (χ3v) is 3.38. The summed E-state index contributed by atoms with van der Waals surface area (Å²) in [5.74, 6) is 0. The van der Waals surface area contributed by atoms with Gasteiger partial charge in [0.1, 0.15) is 0 Å². The fourth-order valence-electron chi connectivity index (χ4n) is 1.81. The minimum Gasteiger partial charge on any atom is -0.305 e. The second-order valence-electron chi connectivity index (χ2n) is 4.26. The maximum atomic E-state index is 4.37. The highest BCUT2D eigenvalue weighted by molar-refractivity contribution is 9.10. The lowest BCUT2D eigenvalue weighted by Crippen LogP contribution is -2.20. The van der Waals surface area contributed by atoms with Crippen molar-refractivity contribution < 1.29 is 0 Å². The Morgan fingerprint density at radius 3 is 2.50 bits per heavy atom. The standard InChI is InChI=1S/C14H16BrN3/c1-10-14(17-8-7-16-10)11(2)18-9-12-3-5-13(15)6-4-12/h3-8,11,18H,9H2,1-2H3. The van der Waals surface area contributed by atoms with Gasteiger partial charge in [-0.15, -0.1) is 0 Å². The fraction of sp³-hybridized carbons (Fsp3) is 0.286. The predicted molar refractivity (Wildman–Crippen MR) is 76.2 cm³/mol. The largest absolute Gasteiger partial charge is 0.305 e. The van der Waals surface area contributed by atoms with Crippen LogP contribution in [0.5, 0.6) is 0 Å². The van der Waals surface area contributed by atoms with E-state index in [2.05, 4.69) is 62.4 Å². The van der Waals surface area contributed by atoms with Gasteiger partial charge in [0.05, 0.1) is 11.4 Å². The van der Waals surface area contributed by atoms with Gasteiger partial charge in [0.25, 0.3) is 0 Å². The lowest BCUT2D eigenvalue weighted by molar-refractivity contribution is 0.555. The lowest BCUT2D eigenvalue weighted by atomic mass is 10.1. The van der Waals surface area contributed by atoms with Gasteiger partial charge in [-0.05, 0) is 31.5 Å². The third kappa shape index (κ3) is 3.37. The number of halogens is 1. The van der Waals surface area contributed by atoms with E-state index in [0.717, 1.165) is 22.4 Å². The van der Waals surface area contributed by atoms with Crippen LogP contribution < -0.4 is 5.32 Å². The summed E-state index contributed by atoms with van der Waals surface area (Å²) < 4.78 is 1.10. The zero-order valence-electron chi connectivity index (χ0n) is 10.5. The molecule has 0 spiro atoms. The summed E-state index contributed by atoms with van der Waals surface area (Å²) in [4.78, 5) is 8.63. The normalized spacial score (nSPS) is 12.4. The highest BCUT2D eigenvalue weighted by Crippen LogP contribution is 2.14.